The summed E-state index contributed by atoms with van der Waals surface area (Å²) < 4.78 is 0.771. The second-order valence-corrected chi connectivity index (χ2v) is 4.72. The van der Waals surface area contributed by atoms with Crippen molar-refractivity contribution in [3.05, 3.63) is 58.1 Å². The minimum atomic E-state index is -0.338. The number of aromatic hydroxyl groups is 1. The number of nitriles is 1. The van der Waals surface area contributed by atoms with E-state index in [1.165, 1.54) is 24.3 Å². The van der Waals surface area contributed by atoms with Gasteiger partial charge in [-0.2, -0.15) is 5.26 Å². The van der Waals surface area contributed by atoms with Crippen LogP contribution in [0.1, 0.15) is 15.9 Å². The summed E-state index contributed by atoms with van der Waals surface area (Å²) in [5.41, 5.74) is 1.23. The van der Waals surface area contributed by atoms with Crippen molar-refractivity contribution >= 4 is 27.5 Å². The van der Waals surface area contributed by atoms with Crippen molar-refractivity contribution in [1.82, 2.24) is 0 Å². The molecule has 0 atom stereocenters. The van der Waals surface area contributed by atoms with E-state index in [1.807, 2.05) is 6.07 Å². The molecule has 94 valence electrons. The summed E-state index contributed by atoms with van der Waals surface area (Å²) in [6, 6.07) is 12.9. The number of benzene rings is 2. The van der Waals surface area contributed by atoms with Crippen molar-refractivity contribution in [3.63, 3.8) is 0 Å². The smallest absolute Gasteiger partial charge is 0.255 e. The highest BCUT2D eigenvalue weighted by molar-refractivity contribution is 9.10. The maximum absolute atomic E-state index is 12.0. The Morgan fingerprint density at radius 1 is 1.21 bits per heavy atom. The normalized spacial score (nSPS) is 9.68. The number of halogens is 1. The summed E-state index contributed by atoms with van der Waals surface area (Å²) >= 11 is 3.29. The van der Waals surface area contributed by atoms with Crippen LogP contribution in [0.2, 0.25) is 0 Å². The number of phenolic OH excluding ortho intramolecular Hbond substituents is 1. The Labute approximate surface area is 118 Å². The zero-order valence-electron chi connectivity index (χ0n) is 9.72. The third-order valence-electron chi connectivity index (χ3n) is 2.48. The van der Waals surface area contributed by atoms with Gasteiger partial charge in [0.2, 0.25) is 0 Å². The number of rotatable bonds is 2. The van der Waals surface area contributed by atoms with E-state index < -0.39 is 0 Å². The third kappa shape index (κ3) is 3.12. The largest absolute Gasteiger partial charge is 0.508 e. The van der Waals surface area contributed by atoms with Gasteiger partial charge >= 0.3 is 0 Å². The predicted molar refractivity (Wildman–Crippen MR) is 74.9 cm³/mol. The van der Waals surface area contributed by atoms with Crippen molar-refractivity contribution in [1.29, 1.82) is 5.26 Å². The molecule has 0 saturated carbocycles. The summed E-state index contributed by atoms with van der Waals surface area (Å²) in [7, 11) is 0. The fourth-order valence-electron chi connectivity index (χ4n) is 1.52. The first-order valence-corrected chi connectivity index (χ1v) is 6.19. The molecule has 0 bridgehead atoms. The zero-order chi connectivity index (χ0) is 13.8. The molecule has 0 aliphatic carbocycles. The van der Waals surface area contributed by atoms with Crippen LogP contribution in [-0.2, 0) is 0 Å². The molecule has 2 aromatic rings. The van der Waals surface area contributed by atoms with Gasteiger partial charge in [-0.1, -0.05) is 15.9 Å². The number of carbonyl (C=O) groups excluding carboxylic acids is 1. The molecule has 0 heterocycles. The number of carbonyl (C=O) groups is 1. The zero-order valence-corrected chi connectivity index (χ0v) is 11.3. The molecule has 0 aliphatic heterocycles. The van der Waals surface area contributed by atoms with Crippen LogP contribution in [0.4, 0.5) is 5.69 Å². The van der Waals surface area contributed by atoms with Crippen molar-refractivity contribution in [2.75, 3.05) is 5.32 Å². The van der Waals surface area contributed by atoms with Gasteiger partial charge in [0.05, 0.1) is 11.3 Å². The first-order chi connectivity index (χ1) is 9.10. The number of nitrogens with one attached hydrogen (secondary N) is 1. The van der Waals surface area contributed by atoms with Crippen LogP contribution in [0.15, 0.2) is 46.9 Å². The average Bonchev–Trinajstić information content (AvgIpc) is 2.39. The molecule has 0 unspecified atom stereocenters. The van der Waals surface area contributed by atoms with E-state index in [0.717, 1.165) is 4.47 Å². The predicted octanol–water partition coefficient (Wildman–Crippen LogP) is 3.28. The quantitative estimate of drug-likeness (QED) is 0.893. The molecule has 0 saturated heterocycles. The average molecular weight is 317 g/mol. The van der Waals surface area contributed by atoms with Gasteiger partial charge in [-0.25, -0.2) is 0 Å². The van der Waals surface area contributed by atoms with E-state index in [9.17, 15) is 4.79 Å². The van der Waals surface area contributed by atoms with Gasteiger partial charge in [0.1, 0.15) is 11.8 Å². The van der Waals surface area contributed by atoms with Crippen LogP contribution in [-0.4, -0.2) is 11.0 Å². The van der Waals surface area contributed by atoms with Gasteiger partial charge in [-0.3, -0.25) is 4.79 Å². The number of nitrogens with zero attached hydrogens (tertiary/aromatic N) is 1. The highest BCUT2D eigenvalue weighted by Gasteiger charge is 2.09. The highest BCUT2D eigenvalue weighted by Crippen LogP contribution is 2.21. The van der Waals surface area contributed by atoms with Crippen LogP contribution < -0.4 is 5.32 Å². The molecule has 2 rings (SSSR count). The SMILES string of the molecule is N#Cc1ccc(Br)cc1NC(=O)c1ccc(O)cc1. The Balaban J connectivity index is 2.26. The number of hydrogen-bond acceptors (Lipinski definition) is 3. The van der Waals surface area contributed by atoms with Crippen LogP contribution in [0.25, 0.3) is 0 Å². The lowest BCUT2D eigenvalue weighted by molar-refractivity contribution is 0.102. The molecule has 2 N–H and O–H groups in total. The Kier molecular flexibility index (Phi) is 3.83. The lowest BCUT2D eigenvalue weighted by Gasteiger charge is -2.07. The molecule has 19 heavy (non-hydrogen) atoms. The van der Waals surface area contributed by atoms with E-state index in [-0.39, 0.29) is 11.7 Å². The molecule has 0 aliphatic rings. The lowest BCUT2D eigenvalue weighted by Crippen LogP contribution is -2.12. The molecule has 2 aromatic carbocycles. The van der Waals surface area contributed by atoms with Crippen LogP contribution >= 0.6 is 15.9 Å². The molecular formula is C14H9BrN2O2. The molecule has 4 nitrogen and oxygen atoms in total. The molecule has 0 spiro atoms. The molecule has 0 radical (unpaired) electrons. The fraction of sp³-hybridized carbons (Fsp3) is 0. The summed E-state index contributed by atoms with van der Waals surface area (Å²) in [4.78, 5) is 12.0. The van der Waals surface area contributed by atoms with E-state index in [4.69, 9.17) is 10.4 Å². The molecule has 1 amide bonds. The maximum Gasteiger partial charge on any atom is 0.255 e. The summed E-state index contributed by atoms with van der Waals surface area (Å²) in [5, 5.41) is 20.8. The number of hydrogen-bond donors (Lipinski definition) is 2. The summed E-state index contributed by atoms with van der Waals surface area (Å²) in [6.07, 6.45) is 0. The third-order valence-corrected chi connectivity index (χ3v) is 2.97. The molecular weight excluding hydrogens is 308 g/mol. The van der Waals surface area contributed by atoms with E-state index in [0.29, 0.717) is 16.8 Å². The molecule has 5 heteroatoms. The van der Waals surface area contributed by atoms with Gasteiger partial charge in [-0.15, -0.1) is 0 Å². The van der Waals surface area contributed by atoms with Crippen LogP contribution in [0, 0.1) is 11.3 Å². The van der Waals surface area contributed by atoms with Crippen LogP contribution in [0.5, 0.6) is 5.75 Å². The van der Waals surface area contributed by atoms with Gasteiger partial charge in [0.15, 0.2) is 0 Å². The van der Waals surface area contributed by atoms with Gasteiger partial charge in [-0.05, 0) is 42.5 Å². The Morgan fingerprint density at radius 2 is 1.89 bits per heavy atom. The fourth-order valence-corrected chi connectivity index (χ4v) is 1.89. The van der Waals surface area contributed by atoms with E-state index >= 15 is 0 Å². The topological polar surface area (TPSA) is 73.1 Å². The second-order valence-electron chi connectivity index (χ2n) is 3.80. The van der Waals surface area contributed by atoms with E-state index in [2.05, 4.69) is 21.2 Å². The monoisotopic (exact) mass is 316 g/mol. The Hall–Kier alpha value is -2.32. The van der Waals surface area contributed by atoms with Crippen molar-refractivity contribution in [2.24, 2.45) is 0 Å². The highest BCUT2D eigenvalue weighted by atomic mass is 79.9. The van der Waals surface area contributed by atoms with Gasteiger partial charge < -0.3 is 10.4 Å². The lowest BCUT2D eigenvalue weighted by atomic mass is 10.1. The Morgan fingerprint density at radius 3 is 2.53 bits per heavy atom. The van der Waals surface area contributed by atoms with Crippen LogP contribution in [0.3, 0.4) is 0 Å². The second kappa shape index (κ2) is 5.55. The molecule has 0 aromatic heterocycles. The first-order valence-electron chi connectivity index (χ1n) is 5.40. The summed E-state index contributed by atoms with van der Waals surface area (Å²) in [6.45, 7) is 0. The standard InChI is InChI=1S/C14H9BrN2O2/c15-11-4-1-10(8-16)13(7-11)17-14(19)9-2-5-12(18)6-3-9/h1-7,18H,(H,17,19). The van der Waals surface area contributed by atoms with Crippen molar-refractivity contribution < 1.29 is 9.90 Å². The maximum atomic E-state index is 12.0. The number of anilines is 1. The minimum Gasteiger partial charge on any atom is -0.508 e. The van der Waals surface area contributed by atoms with Crippen molar-refractivity contribution in [3.8, 4) is 11.8 Å². The van der Waals surface area contributed by atoms with Gasteiger partial charge in [0.25, 0.3) is 5.91 Å². The minimum absolute atomic E-state index is 0.0942. The molecule has 0 fully saturated rings. The number of amides is 1. The number of phenols is 1. The Bertz CT molecular complexity index is 660. The van der Waals surface area contributed by atoms with E-state index in [1.54, 1.807) is 18.2 Å². The van der Waals surface area contributed by atoms with Crippen molar-refractivity contribution in [2.45, 2.75) is 0 Å². The van der Waals surface area contributed by atoms with Gasteiger partial charge in [0, 0.05) is 10.0 Å². The first kappa shape index (κ1) is 13.1. The summed E-state index contributed by atoms with van der Waals surface area (Å²) in [5.74, 6) is -0.244.